The molecule has 104 valence electrons. The highest BCUT2D eigenvalue weighted by atomic mass is 35.5. The summed E-state index contributed by atoms with van der Waals surface area (Å²) in [6, 6.07) is 3.09. The van der Waals surface area contributed by atoms with Gasteiger partial charge in [0.05, 0.1) is 12.7 Å². The van der Waals surface area contributed by atoms with Crippen molar-refractivity contribution in [1.82, 2.24) is 15.5 Å². The predicted molar refractivity (Wildman–Crippen MR) is 72.2 cm³/mol. The number of aromatic nitrogens is 2. The van der Waals surface area contributed by atoms with E-state index >= 15 is 0 Å². The first-order valence-electron chi connectivity index (χ1n) is 6.65. The van der Waals surface area contributed by atoms with Gasteiger partial charge in [0.25, 0.3) is 5.91 Å². The zero-order valence-electron chi connectivity index (χ0n) is 10.8. The first kappa shape index (κ1) is 14.2. The van der Waals surface area contributed by atoms with Gasteiger partial charge in [0.1, 0.15) is 0 Å². The van der Waals surface area contributed by atoms with E-state index in [9.17, 15) is 4.79 Å². The number of rotatable bonds is 5. The molecule has 0 radical (unpaired) electrons. The van der Waals surface area contributed by atoms with Gasteiger partial charge in [-0.15, -0.1) is 10.2 Å². The lowest BCUT2D eigenvalue weighted by Gasteiger charge is -2.21. The van der Waals surface area contributed by atoms with Crippen molar-refractivity contribution in [1.29, 1.82) is 0 Å². The van der Waals surface area contributed by atoms with Gasteiger partial charge in [-0.1, -0.05) is 30.9 Å². The Labute approximate surface area is 117 Å². The van der Waals surface area contributed by atoms with Crippen LogP contribution in [-0.4, -0.2) is 35.4 Å². The summed E-state index contributed by atoms with van der Waals surface area (Å²) in [7, 11) is 0. The highest BCUT2D eigenvalue weighted by molar-refractivity contribution is 6.29. The summed E-state index contributed by atoms with van der Waals surface area (Å²) in [6.45, 7) is 1.02. The molecule has 1 heterocycles. The SMILES string of the molecule is O=C(NCCOC1CCCCC1)c1ccc(Cl)nn1. The first-order valence-corrected chi connectivity index (χ1v) is 7.02. The zero-order valence-corrected chi connectivity index (χ0v) is 11.5. The van der Waals surface area contributed by atoms with Crippen molar-refractivity contribution >= 4 is 17.5 Å². The van der Waals surface area contributed by atoms with Crippen molar-refractivity contribution in [3.8, 4) is 0 Å². The second-order valence-corrected chi connectivity index (χ2v) is 5.02. The van der Waals surface area contributed by atoms with Crippen LogP contribution in [0.25, 0.3) is 0 Å². The molecular formula is C13H18ClN3O2. The molecule has 1 amide bonds. The van der Waals surface area contributed by atoms with Crippen LogP contribution in [0, 0.1) is 0 Å². The Morgan fingerprint density at radius 3 is 2.79 bits per heavy atom. The molecule has 0 bridgehead atoms. The third-order valence-electron chi connectivity index (χ3n) is 3.16. The van der Waals surface area contributed by atoms with Crippen molar-refractivity contribution in [2.45, 2.75) is 38.2 Å². The summed E-state index contributed by atoms with van der Waals surface area (Å²) in [4.78, 5) is 11.7. The minimum atomic E-state index is -0.253. The van der Waals surface area contributed by atoms with Crippen LogP contribution in [0.3, 0.4) is 0 Å². The number of carbonyl (C=O) groups is 1. The maximum atomic E-state index is 11.7. The smallest absolute Gasteiger partial charge is 0.271 e. The molecule has 0 aliphatic heterocycles. The van der Waals surface area contributed by atoms with Crippen molar-refractivity contribution in [3.05, 3.63) is 23.0 Å². The van der Waals surface area contributed by atoms with Crippen LogP contribution >= 0.6 is 11.6 Å². The normalized spacial score (nSPS) is 16.3. The summed E-state index contributed by atoms with van der Waals surface area (Å²) >= 11 is 5.60. The molecule has 6 heteroatoms. The highest BCUT2D eigenvalue weighted by Crippen LogP contribution is 2.19. The summed E-state index contributed by atoms with van der Waals surface area (Å²) in [5.41, 5.74) is 0.266. The van der Waals surface area contributed by atoms with Crippen LogP contribution in [0.1, 0.15) is 42.6 Å². The first-order chi connectivity index (χ1) is 9.25. The van der Waals surface area contributed by atoms with Crippen LogP contribution < -0.4 is 5.32 Å². The fourth-order valence-electron chi connectivity index (χ4n) is 2.15. The molecule has 2 rings (SSSR count). The average molecular weight is 284 g/mol. The molecular weight excluding hydrogens is 266 g/mol. The number of halogens is 1. The van der Waals surface area contributed by atoms with Crippen molar-refractivity contribution in [2.75, 3.05) is 13.2 Å². The van der Waals surface area contributed by atoms with E-state index in [1.165, 1.54) is 19.3 Å². The number of carbonyl (C=O) groups excluding carboxylic acids is 1. The molecule has 0 atom stereocenters. The number of hydrogen-bond acceptors (Lipinski definition) is 4. The molecule has 1 aromatic heterocycles. The molecule has 1 aliphatic carbocycles. The summed E-state index contributed by atoms with van der Waals surface area (Å²) < 4.78 is 5.72. The minimum absolute atomic E-state index is 0.253. The molecule has 0 spiro atoms. The average Bonchev–Trinajstić information content (AvgIpc) is 2.45. The van der Waals surface area contributed by atoms with Gasteiger partial charge in [0, 0.05) is 6.54 Å². The molecule has 1 fully saturated rings. The second-order valence-electron chi connectivity index (χ2n) is 4.63. The molecule has 1 saturated carbocycles. The van der Waals surface area contributed by atoms with Crippen LogP contribution in [0.4, 0.5) is 0 Å². The van der Waals surface area contributed by atoms with Crippen LogP contribution in [0.5, 0.6) is 0 Å². The minimum Gasteiger partial charge on any atom is -0.376 e. The molecule has 1 aromatic rings. The molecule has 19 heavy (non-hydrogen) atoms. The lowest BCUT2D eigenvalue weighted by molar-refractivity contribution is 0.0299. The van der Waals surface area contributed by atoms with E-state index in [2.05, 4.69) is 15.5 Å². The van der Waals surface area contributed by atoms with E-state index in [1.54, 1.807) is 12.1 Å². The van der Waals surface area contributed by atoms with Gasteiger partial charge < -0.3 is 10.1 Å². The van der Waals surface area contributed by atoms with Crippen LogP contribution in [0.15, 0.2) is 12.1 Å². The Morgan fingerprint density at radius 2 is 2.11 bits per heavy atom. The Balaban J connectivity index is 1.64. The Bertz CT molecular complexity index is 405. The fraction of sp³-hybridized carbons (Fsp3) is 0.615. The Morgan fingerprint density at radius 1 is 1.32 bits per heavy atom. The maximum Gasteiger partial charge on any atom is 0.271 e. The van der Waals surface area contributed by atoms with Gasteiger partial charge in [-0.2, -0.15) is 0 Å². The molecule has 0 unspecified atom stereocenters. The van der Waals surface area contributed by atoms with Gasteiger partial charge in [-0.3, -0.25) is 4.79 Å². The molecule has 1 aliphatic rings. The number of nitrogens with zero attached hydrogens (tertiary/aromatic N) is 2. The van der Waals surface area contributed by atoms with Crippen LogP contribution in [-0.2, 0) is 4.74 Å². The lowest BCUT2D eigenvalue weighted by atomic mass is 9.98. The van der Waals surface area contributed by atoms with Crippen molar-refractivity contribution < 1.29 is 9.53 Å². The Kier molecular flexibility index (Phi) is 5.54. The number of ether oxygens (including phenoxy) is 1. The quantitative estimate of drug-likeness (QED) is 0.842. The predicted octanol–water partition coefficient (Wildman–Crippen LogP) is 2.21. The standard InChI is InChI=1S/C13H18ClN3O2/c14-12-7-6-11(16-17-12)13(18)15-8-9-19-10-4-2-1-3-5-10/h6-7,10H,1-5,8-9H2,(H,15,18). The zero-order chi connectivity index (χ0) is 13.5. The topological polar surface area (TPSA) is 64.1 Å². The number of amides is 1. The highest BCUT2D eigenvalue weighted by Gasteiger charge is 2.13. The molecule has 5 nitrogen and oxygen atoms in total. The fourth-order valence-corrected chi connectivity index (χ4v) is 2.25. The molecule has 0 aromatic carbocycles. The van der Waals surface area contributed by atoms with Gasteiger partial charge >= 0.3 is 0 Å². The maximum absolute atomic E-state index is 11.7. The van der Waals surface area contributed by atoms with Gasteiger partial charge in [-0.25, -0.2) is 0 Å². The van der Waals surface area contributed by atoms with Crippen molar-refractivity contribution in [3.63, 3.8) is 0 Å². The lowest BCUT2D eigenvalue weighted by Crippen LogP contribution is -2.30. The summed E-state index contributed by atoms with van der Waals surface area (Å²) in [5.74, 6) is -0.253. The van der Waals surface area contributed by atoms with E-state index in [0.29, 0.717) is 19.3 Å². The van der Waals surface area contributed by atoms with E-state index < -0.39 is 0 Å². The van der Waals surface area contributed by atoms with Gasteiger partial charge in [0.15, 0.2) is 10.8 Å². The third kappa shape index (κ3) is 4.76. The van der Waals surface area contributed by atoms with Crippen molar-refractivity contribution in [2.24, 2.45) is 0 Å². The van der Waals surface area contributed by atoms with Gasteiger partial charge in [0.2, 0.25) is 0 Å². The number of hydrogen-bond donors (Lipinski definition) is 1. The largest absolute Gasteiger partial charge is 0.376 e. The third-order valence-corrected chi connectivity index (χ3v) is 3.36. The van der Waals surface area contributed by atoms with E-state index in [-0.39, 0.29) is 16.8 Å². The number of nitrogens with one attached hydrogen (secondary N) is 1. The summed E-state index contributed by atoms with van der Waals surface area (Å²) in [5, 5.41) is 10.4. The Hall–Kier alpha value is -1.20. The molecule has 1 N–H and O–H groups in total. The van der Waals surface area contributed by atoms with E-state index in [1.807, 2.05) is 0 Å². The van der Waals surface area contributed by atoms with Crippen LogP contribution in [0.2, 0.25) is 5.15 Å². The monoisotopic (exact) mass is 283 g/mol. The van der Waals surface area contributed by atoms with E-state index in [0.717, 1.165) is 12.8 Å². The summed E-state index contributed by atoms with van der Waals surface area (Å²) in [6.07, 6.45) is 6.44. The second kappa shape index (κ2) is 7.40. The molecule has 0 saturated heterocycles. The van der Waals surface area contributed by atoms with E-state index in [4.69, 9.17) is 16.3 Å². The van der Waals surface area contributed by atoms with Gasteiger partial charge in [-0.05, 0) is 25.0 Å².